The predicted molar refractivity (Wildman–Crippen MR) is 185 cm³/mol. The van der Waals surface area contributed by atoms with Crippen molar-refractivity contribution < 1.29 is 23.1 Å². The number of carbonyl (C=O) groups is 2. The standard InChI is InChI=1S/C38H39F2N7O3/c39-28-8-13-35-45-34(24-47(35)23-28)37(49)44-31-11-9-30(10-12-31)43-36(48)33-21-29(40)22-42-38(33)50-32-3-1-2-27(20-32)26-6-4-25(5-7-26)14-17-46-18-15-41-16-19-46/h1-8,13,20-24,30-31,41H,9-12,14-19H2,(H,43,48)(H,44,49)/t30-,31-. The fourth-order valence-electron chi connectivity index (χ4n) is 6.59. The molecule has 0 spiro atoms. The average molecular weight is 680 g/mol. The molecule has 3 N–H and O–H groups in total. The number of halogens is 2. The van der Waals surface area contributed by atoms with Crippen LogP contribution in [0.15, 0.2) is 85.3 Å². The van der Waals surface area contributed by atoms with Crippen molar-refractivity contribution >= 4 is 17.5 Å². The van der Waals surface area contributed by atoms with Gasteiger partial charge in [0.2, 0.25) is 5.88 Å². The molecule has 7 rings (SSSR count). The van der Waals surface area contributed by atoms with Gasteiger partial charge in [-0.3, -0.25) is 9.59 Å². The summed E-state index contributed by atoms with van der Waals surface area (Å²) >= 11 is 0. The first-order valence-corrected chi connectivity index (χ1v) is 17.1. The van der Waals surface area contributed by atoms with Crippen molar-refractivity contribution in [1.82, 2.24) is 35.2 Å². The first kappa shape index (κ1) is 33.3. The molecular formula is C38H39F2N7O3. The lowest BCUT2D eigenvalue weighted by Gasteiger charge is -2.29. The summed E-state index contributed by atoms with van der Waals surface area (Å²) in [6, 6.07) is 19.7. The van der Waals surface area contributed by atoms with E-state index in [1.807, 2.05) is 18.2 Å². The maximum atomic E-state index is 14.3. The summed E-state index contributed by atoms with van der Waals surface area (Å²) in [5.41, 5.74) is 3.95. The quantitative estimate of drug-likeness (QED) is 0.182. The van der Waals surface area contributed by atoms with Crippen molar-refractivity contribution in [1.29, 1.82) is 0 Å². The van der Waals surface area contributed by atoms with Crippen molar-refractivity contribution in [3.05, 3.63) is 114 Å². The van der Waals surface area contributed by atoms with Crippen molar-refractivity contribution in [2.24, 2.45) is 0 Å². The minimum Gasteiger partial charge on any atom is -0.438 e. The monoisotopic (exact) mass is 679 g/mol. The third-order valence-corrected chi connectivity index (χ3v) is 9.37. The van der Waals surface area contributed by atoms with Crippen LogP contribution in [0.2, 0.25) is 0 Å². The smallest absolute Gasteiger partial charge is 0.271 e. The lowest BCUT2D eigenvalue weighted by Crippen LogP contribution is -2.44. The van der Waals surface area contributed by atoms with Crippen LogP contribution in [0.3, 0.4) is 0 Å². The highest BCUT2D eigenvalue weighted by molar-refractivity contribution is 5.96. The number of piperazine rings is 1. The molecule has 10 nitrogen and oxygen atoms in total. The number of nitrogens with zero attached hydrogens (tertiary/aromatic N) is 4. The molecule has 3 aromatic heterocycles. The summed E-state index contributed by atoms with van der Waals surface area (Å²) < 4.78 is 35.4. The van der Waals surface area contributed by atoms with Crippen molar-refractivity contribution in [2.45, 2.75) is 44.2 Å². The molecule has 2 amide bonds. The zero-order valence-electron chi connectivity index (χ0n) is 27.6. The third-order valence-electron chi connectivity index (χ3n) is 9.37. The van der Waals surface area contributed by atoms with E-state index in [4.69, 9.17) is 4.74 Å². The Kier molecular flexibility index (Phi) is 10.1. The fraction of sp³-hybridized carbons (Fsp3) is 0.316. The molecule has 5 aromatic rings. The van der Waals surface area contributed by atoms with Crippen LogP contribution in [0.1, 0.15) is 52.1 Å². The summed E-state index contributed by atoms with van der Waals surface area (Å²) in [5.74, 6) is -1.39. The molecule has 2 aliphatic rings. The number of pyridine rings is 2. The van der Waals surface area contributed by atoms with Gasteiger partial charge in [0.25, 0.3) is 11.8 Å². The minimum absolute atomic E-state index is 0.00274. The minimum atomic E-state index is -0.644. The van der Waals surface area contributed by atoms with Gasteiger partial charge in [0.1, 0.15) is 34.3 Å². The molecule has 1 saturated heterocycles. The summed E-state index contributed by atoms with van der Waals surface area (Å²) in [5, 5.41) is 9.38. The molecule has 12 heteroatoms. The number of benzene rings is 2. The number of hydrogen-bond donors (Lipinski definition) is 3. The van der Waals surface area contributed by atoms with Crippen LogP contribution < -0.4 is 20.7 Å². The van der Waals surface area contributed by atoms with E-state index in [-0.39, 0.29) is 35.1 Å². The van der Waals surface area contributed by atoms with E-state index < -0.39 is 17.5 Å². The molecule has 0 unspecified atom stereocenters. The molecule has 1 saturated carbocycles. The van der Waals surface area contributed by atoms with E-state index in [0.29, 0.717) is 37.1 Å². The van der Waals surface area contributed by atoms with E-state index in [0.717, 1.165) is 62.5 Å². The van der Waals surface area contributed by atoms with Gasteiger partial charge < -0.3 is 30.0 Å². The van der Waals surface area contributed by atoms with Crippen LogP contribution >= 0.6 is 0 Å². The van der Waals surface area contributed by atoms with E-state index in [2.05, 4.69) is 55.1 Å². The third kappa shape index (κ3) is 8.15. The molecule has 1 aliphatic heterocycles. The Morgan fingerprint density at radius 3 is 2.34 bits per heavy atom. The number of amides is 2. The average Bonchev–Trinajstić information content (AvgIpc) is 3.57. The predicted octanol–water partition coefficient (Wildman–Crippen LogP) is 5.39. The lowest BCUT2D eigenvalue weighted by molar-refractivity contribution is 0.0888. The summed E-state index contributed by atoms with van der Waals surface area (Å²) in [7, 11) is 0. The SMILES string of the molecule is O=C(N[C@H]1CC[C@H](NC(=O)c2cc(F)cnc2Oc2cccc(-c3ccc(CCN4CCNCC4)cc3)c2)CC1)c1cn2cc(F)ccc2n1. The fourth-order valence-corrected chi connectivity index (χ4v) is 6.59. The van der Waals surface area contributed by atoms with Gasteiger partial charge in [-0.1, -0.05) is 36.4 Å². The number of rotatable bonds is 10. The topological polar surface area (TPSA) is 113 Å². The Morgan fingerprint density at radius 1 is 0.840 bits per heavy atom. The second kappa shape index (κ2) is 15.1. The molecule has 2 aromatic carbocycles. The molecule has 2 fully saturated rings. The lowest BCUT2D eigenvalue weighted by atomic mass is 9.91. The molecule has 0 atom stereocenters. The molecule has 1 aliphatic carbocycles. The molecule has 0 radical (unpaired) electrons. The summed E-state index contributed by atoms with van der Waals surface area (Å²) in [6.07, 6.45) is 7.28. The van der Waals surface area contributed by atoms with Gasteiger partial charge in [0.15, 0.2) is 0 Å². The van der Waals surface area contributed by atoms with E-state index in [1.165, 1.54) is 34.5 Å². The first-order valence-electron chi connectivity index (χ1n) is 17.1. The molecule has 4 heterocycles. The number of fused-ring (bicyclic) bond motifs is 1. The van der Waals surface area contributed by atoms with Gasteiger partial charge in [-0.2, -0.15) is 0 Å². The highest BCUT2D eigenvalue weighted by Crippen LogP contribution is 2.29. The van der Waals surface area contributed by atoms with Gasteiger partial charge in [0, 0.05) is 57.2 Å². The largest absolute Gasteiger partial charge is 0.438 e. The maximum Gasteiger partial charge on any atom is 0.271 e. The summed E-state index contributed by atoms with van der Waals surface area (Å²) in [4.78, 5) is 37.1. The Morgan fingerprint density at radius 2 is 1.58 bits per heavy atom. The van der Waals surface area contributed by atoms with Gasteiger partial charge in [-0.15, -0.1) is 0 Å². The maximum absolute atomic E-state index is 14.3. The molecule has 0 bridgehead atoms. The van der Waals surface area contributed by atoms with E-state index >= 15 is 0 Å². The second-order valence-corrected chi connectivity index (χ2v) is 12.9. The Bertz CT molecular complexity index is 1970. The van der Waals surface area contributed by atoms with Crippen LogP contribution in [-0.4, -0.2) is 75.9 Å². The Labute approximate surface area is 288 Å². The summed E-state index contributed by atoms with van der Waals surface area (Å²) in [6.45, 7) is 5.29. The molecular weight excluding hydrogens is 640 g/mol. The zero-order valence-corrected chi connectivity index (χ0v) is 27.6. The van der Waals surface area contributed by atoms with Crippen molar-refractivity contribution in [3.8, 4) is 22.8 Å². The van der Waals surface area contributed by atoms with Gasteiger partial charge >= 0.3 is 0 Å². The van der Waals surface area contributed by atoms with Crippen molar-refractivity contribution in [2.75, 3.05) is 32.7 Å². The van der Waals surface area contributed by atoms with Crippen LogP contribution in [0.4, 0.5) is 8.78 Å². The molecule has 258 valence electrons. The van der Waals surface area contributed by atoms with Crippen LogP contribution in [0, 0.1) is 11.6 Å². The Hall–Kier alpha value is -5.20. The van der Waals surface area contributed by atoms with Crippen LogP contribution in [0.5, 0.6) is 11.6 Å². The number of ether oxygens (including phenoxy) is 1. The van der Waals surface area contributed by atoms with E-state index in [1.54, 1.807) is 6.07 Å². The van der Waals surface area contributed by atoms with E-state index in [9.17, 15) is 18.4 Å². The number of carbonyl (C=O) groups excluding carboxylic acids is 2. The number of imidazole rings is 1. The normalized spacial score (nSPS) is 18.1. The number of aromatic nitrogens is 3. The Balaban J connectivity index is 0.940. The highest BCUT2D eigenvalue weighted by atomic mass is 19.1. The van der Waals surface area contributed by atoms with Crippen LogP contribution in [0.25, 0.3) is 16.8 Å². The molecule has 50 heavy (non-hydrogen) atoms. The number of hydrogen-bond acceptors (Lipinski definition) is 7. The van der Waals surface area contributed by atoms with Crippen LogP contribution in [-0.2, 0) is 6.42 Å². The van der Waals surface area contributed by atoms with Gasteiger partial charge in [-0.05, 0) is 79.1 Å². The van der Waals surface area contributed by atoms with Gasteiger partial charge in [0.05, 0.1) is 6.20 Å². The zero-order chi connectivity index (χ0) is 34.5. The number of nitrogens with one attached hydrogen (secondary N) is 3. The highest BCUT2D eigenvalue weighted by Gasteiger charge is 2.26. The second-order valence-electron chi connectivity index (χ2n) is 12.9. The van der Waals surface area contributed by atoms with Crippen molar-refractivity contribution in [3.63, 3.8) is 0 Å². The first-order chi connectivity index (χ1) is 24.4. The van der Waals surface area contributed by atoms with Gasteiger partial charge in [-0.25, -0.2) is 18.7 Å².